The first kappa shape index (κ1) is 19.4. The number of nitrogens with zero attached hydrogens (tertiary/aromatic N) is 3. The van der Waals surface area contributed by atoms with E-state index in [9.17, 15) is 9.59 Å². The zero-order valence-electron chi connectivity index (χ0n) is 16.6. The van der Waals surface area contributed by atoms with E-state index < -0.39 is 6.04 Å². The van der Waals surface area contributed by atoms with Crippen LogP contribution in [0.3, 0.4) is 0 Å². The van der Waals surface area contributed by atoms with Gasteiger partial charge >= 0.3 is 0 Å². The molecule has 0 saturated carbocycles. The van der Waals surface area contributed by atoms with Crippen LogP contribution in [0.25, 0.3) is 11.4 Å². The van der Waals surface area contributed by atoms with Gasteiger partial charge < -0.3 is 14.8 Å². The molecule has 0 unspecified atom stereocenters. The van der Waals surface area contributed by atoms with Gasteiger partial charge in [0, 0.05) is 11.3 Å². The Morgan fingerprint density at radius 3 is 2.50 bits per heavy atom. The Morgan fingerprint density at radius 1 is 1.13 bits per heavy atom. The van der Waals surface area contributed by atoms with Crippen LogP contribution in [0.5, 0.6) is 11.5 Å². The SMILES string of the molecule is CCOc1ccc(NC(=O)C[C@H]2C(=O)Nc3nc(-c4ccc(OC)cc4)nn32)cc1. The van der Waals surface area contributed by atoms with Crippen molar-refractivity contribution >= 4 is 23.5 Å². The van der Waals surface area contributed by atoms with E-state index in [2.05, 4.69) is 20.7 Å². The molecule has 1 aliphatic rings. The van der Waals surface area contributed by atoms with E-state index in [-0.39, 0.29) is 18.2 Å². The molecule has 9 heteroatoms. The van der Waals surface area contributed by atoms with Gasteiger partial charge in [0.25, 0.3) is 5.91 Å². The Hall–Kier alpha value is -3.88. The summed E-state index contributed by atoms with van der Waals surface area (Å²) in [4.78, 5) is 29.2. The number of fused-ring (bicyclic) bond motifs is 1. The number of rotatable bonds is 7. The Bertz CT molecular complexity index is 1060. The number of nitrogens with one attached hydrogen (secondary N) is 2. The lowest BCUT2D eigenvalue weighted by Gasteiger charge is -2.10. The fraction of sp³-hybridized carbons (Fsp3) is 0.238. The van der Waals surface area contributed by atoms with E-state index in [0.717, 1.165) is 17.1 Å². The number of anilines is 2. The van der Waals surface area contributed by atoms with Gasteiger partial charge in [0.05, 0.1) is 20.1 Å². The van der Waals surface area contributed by atoms with Gasteiger partial charge in [0.2, 0.25) is 11.9 Å². The maximum atomic E-state index is 12.5. The van der Waals surface area contributed by atoms with Crippen molar-refractivity contribution in [1.82, 2.24) is 14.8 Å². The normalized spacial score (nSPS) is 14.7. The molecule has 2 N–H and O–H groups in total. The van der Waals surface area contributed by atoms with Crippen molar-refractivity contribution in [3.8, 4) is 22.9 Å². The number of hydrogen-bond donors (Lipinski definition) is 2. The first-order valence-corrected chi connectivity index (χ1v) is 9.52. The molecule has 0 aliphatic carbocycles. The zero-order chi connectivity index (χ0) is 21.1. The maximum Gasteiger partial charge on any atom is 0.252 e. The van der Waals surface area contributed by atoms with Gasteiger partial charge in [-0.15, -0.1) is 5.10 Å². The molecule has 4 rings (SSSR count). The lowest BCUT2D eigenvalue weighted by Crippen LogP contribution is -2.23. The van der Waals surface area contributed by atoms with Gasteiger partial charge in [-0.2, -0.15) is 4.98 Å². The number of carbonyl (C=O) groups excluding carboxylic acids is 2. The summed E-state index contributed by atoms with van der Waals surface area (Å²) in [6, 6.07) is 13.6. The number of amides is 2. The Kier molecular flexibility index (Phi) is 5.34. The van der Waals surface area contributed by atoms with Crippen LogP contribution in [0.1, 0.15) is 19.4 Å². The first-order valence-electron chi connectivity index (χ1n) is 9.52. The monoisotopic (exact) mass is 407 g/mol. The summed E-state index contributed by atoms with van der Waals surface area (Å²) in [7, 11) is 1.59. The molecule has 0 saturated heterocycles. The summed E-state index contributed by atoms with van der Waals surface area (Å²) < 4.78 is 12.0. The van der Waals surface area contributed by atoms with Gasteiger partial charge in [-0.1, -0.05) is 0 Å². The zero-order valence-corrected chi connectivity index (χ0v) is 16.6. The number of ether oxygens (including phenoxy) is 2. The standard InChI is InChI=1S/C21H21N5O4/c1-3-30-16-10-6-14(7-11-16)22-18(27)12-17-20(28)24-21-23-19(25-26(17)21)13-4-8-15(29-2)9-5-13/h4-11,17H,3,12H2,1-2H3,(H,22,27)(H,23,24,25,28)/t17-/m0/s1. The molecular weight excluding hydrogens is 386 g/mol. The van der Waals surface area contributed by atoms with Crippen LogP contribution in [0.2, 0.25) is 0 Å². The van der Waals surface area contributed by atoms with Crippen LogP contribution in [-0.2, 0) is 9.59 Å². The summed E-state index contributed by atoms with van der Waals surface area (Å²) in [5.74, 6) is 1.63. The molecule has 1 atom stereocenters. The average Bonchev–Trinajstić information content (AvgIpc) is 3.28. The first-order chi connectivity index (χ1) is 14.6. The molecule has 0 radical (unpaired) electrons. The molecular formula is C21H21N5O4. The molecule has 0 bridgehead atoms. The van der Waals surface area contributed by atoms with Crippen molar-refractivity contribution < 1.29 is 19.1 Å². The van der Waals surface area contributed by atoms with Crippen molar-refractivity contribution in [2.45, 2.75) is 19.4 Å². The molecule has 2 amide bonds. The van der Waals surface area contributed by atoms with E-state index in [1.807, 2.05) is 31.2 Å². The third kappa shape index (κ3) is 3.95. The number of benzene rings is 2. The second kappa shape index (κ2) is 8.24. The van der Waals surface area contributed by atoms with Crippen LogP contribution >= 0.6 is 0 Å². The molecule has 2 aromatic carbocycles. The smallest absolute Gasteiger partial charge is 0.252 e. The second-order valence-corrected chi connectivity index (χ2v) is 6.65. The third-order valence-electron chi connectivity index (χ3n) is 4.64. The quantitative estimate of drug-likeness (QED) is 0.624. The van der Waals surface area contributed by atoms with Crippen LogP contribution in [0, 0.1) is 0 Å². The number of methoxy groups -OCH3 is 1. The number of carbonyl (C=O) groups is 2. The minimum Gasteiger partial charge on any atom is -0.497 e. The van der Waals surface area contributed by atoms with Gasteiger partial charge in [-0.05, 0) is 55.5 Å². The maximum absolute atomic E-state index is 12.5. The summed E-state index contributed by atoms with van der Waals surface area (Å²) in [6.07, 6.45) is -0.0581. The van der Waals surface area contributed by atoms with Gasteiger partial charge in [0.15, 0.2) is 5.82 Å². The molecule has 2 heterocycles. The van der Waals surface area contributed by atoms with E-state index in [0.29, 0.717) is 24.1 Å². The molecule has 3 aromatic rings. The highest BCUT2D eigenvalue weighted by Crippen LogP contribution is 2.29. The lowest BCUT2D eigenvalue weighted by atomic mass is 10.2. The highest BCUT2D eigenvalue weighted by molar-refractivity contribution is 6.01. The summed E-state index contributed by atoms with van der Waals surface area (Å²) in [6.45, 7) is 2.47. The Balaban J connectivity index is 1.45. The summed E-state index contributed by atoms with van der Waals surface area (Å²) in [5, 5.41) is 9.90. The predicted octanol–water partition coefficient (Wildman–Crippen LogP) is 2.87. The van der Waals surface area contributed by atoms with E-state index in [4.69, 9.17) is 9.47 Å². The number of hydrogen-bond acceptors (Lipinski definition) is 6. The topological polar surface area (TPSA) is 107 Å². The highest BCUT2D eigenvalue weighted by atomic mass is 16.5. The molecule has 154 valence electrons. The molecule has 0 fully saturated rings. The summed E-state index contributed by atoms with van der Waals surface area (Å²) in [5.41, 5.74) is 1.41. The molecule has 30 heavy (non-hydrogen) atoms. The lowest BCUT2D eigenvalue weighted by molar-refractivity contribution is -0.123. The average molecular weight is 407 g/mol. The van der Waals surface area contributed by atoms with Crippen LogP contribution in [-0.4, -0.2) is 40.3 Å². The van der Waals surface area contributed by atoms with Gasteiger partial charge in [-0.3, -0.25) is 14.9 Å². The Morgan fingerprint density at radius 2 is 1.83 bits per heavy atom. The fourth-order valence-corrected chi connectivity index (χ4v) is 3.16. The largest absolute Gasteiger partial charge is 0.497 e. The van der Waals surface area contributed by atoms with Crippen LogP contribution in [0.4, 0.5) is 11.6 Å². The van der Waals surface area contributed by atoms with Crippen molar-refractivity contribution in [3.05, 3.63) is 48.5 Å². The van der Waals surface area contributed by atoms with Gasteiger partial charge in [-0.25, -0.2) is 4.68 Å². The minimum atomic E-state index is -0.762. The van der Waals surface area contributed by atoms with E-state index in [1.54, 1.807) is 31.4 Å². The molecule has 9 nitrogen and oxygen atoms in total. The van der Waals surface area contributed by atoms with Gasteiger partial charge in [0.1, 0.15) is 17.5 Å². The predicted molar refractivity (Wildman–Crippen MR) is 111 cm³/mol. The third-order valence-corrected chi connectivity index (χ3v) is 4.64. The highest BCUT2D eigenvalue weighted by Gasteiger charge is 2.35. The molecule has 1 aromatic heterocycles. The Labute approximate surface area is 173 Å². The van der Waals surface area contributed by atoms with Crippen molar-refractivity contribution in [2.75, 3.05) is 24.4 Å². The number of aromatic nitrogens is 3. The van der Waals surface area contributed by atoms with Crippen molar-refractivity contribution in [1.29, 1.82) is 0 Å². The van der Waals surface area contributed by atoms with Crippen molar-refractivity contribution in [3.63, 3.8) is 0 Å². The minimum absolute atomic E-state index is 0.0581. The van der Waals surface area contributed by atoms with E-state index >= 15 is 0 Å². The summed E-state index contributed by atoms with van der Waals surface area (Å²) >= 11 is 0. The van der Waals surface area contributed by atoms with Crippen LogP contribution in [0.15, 0.2) is 48.5 Å². The molecule has 1 aliphatic heterocycles. The van der Waals surface area contributed by atoms with Crippen LogP contribution < -0.4 is 20.1 Å². The molecule has 0 spiro atoms. The fourth-order valence-electron chi connectivity index (χ4n) is 3.16. The second-order valence-electron chi connectivity index (χ2n) is 6.65. The van der Waals surface area contributed by atoms with Crippen molar-refractivity contribution in [2.24, 2.45) is 0 Å². The van der Waals surface area contributed by atoms with E-state index in [1.165, 1.54) is 4.68 Å².